The highest BCUT2D eigenvalue weighted by molar-refractivity contribution is 5.93. The van der Waals surface area contributed by atoms with Crippen molar-refractivity contribution in [3.63, 3.8) is 0 Å². The Balaban J connectivity index is 1.37. The van der Waals surface area contributed by atoms with Crippen LogP contribution in [0.4, 0.5) is 11.6 Å². The predicted octanol–water partition coefficient (Wildman–Crippen LogP) is 4.46. The van der Waals surface area contributed by atoms with Crippen LogP contribution >= 0.6 is 0 Å². The molecular formula is C27H32N8O2. The van der Waals surface area contributed by atoms with Crippen LogP contribution in [-0.2, 0) is 19.0 Å². The standard InChI is InChI=1S/C27H32N8O2/c1-16-22(15-30-35(16)5)32-26-29-11-9-21(31-26)18-6-7-20-17(8-10-28-14-19(20)12-18)13-23(36)24-33-25(37-34-24)27(2,3)4/h6-7,9,11-12,15,17,28H,8,10,13-14H2,1-5H3,(H,29,31,32)/t17-/m0/s1. The summed E-state index contributed by atoms with van der Waals surface area (Å²) in [6.45, 7) is 9.49. The number of ketones is 1. The Hall–Kier alpha value is -3.92. The highest BCUT2D eigenvalue weighted by Crippen LogP contribution is 2.33. The summed E-state index contributed by atoms with van der Waals surface area (Å²) < 4.78 is 7.14. The van der Waals surface area contributed by atoms with Crippen LogP contribution in [0.1, 0.15) is 72.9 Å². The Morgan fingerprint density at radius 2 is 2.08 bits per heavy atom. The molecule has 0 saturated carbocycles. The largest absolute Gasteiger partial charge is 0.338 e. The molecule has 4 aromatic rings. The molecule has 0 amide bonds. The molecule has 1 aliphatic heterocycles. The van der Waals surface area contributed by atoms with Gasteiger partial charge in [0.2, 0.25) is 23.4 Å². The van der Waals surface area contributed by atoms with E-state index in [4.69, 9.17) is 9.51 Å². The van der Waals surface area contributed by atoms with Crippen molar-refractivity contribution < 1.29 is 9.32 Å². The molecule has 1 atom stereocenters. The van der Waals surface area contributed by atoms with Gasteiger partial charge in [0.25, 0.3) is 0 Å². The summed E-state index contributed by atoms with van der Waals surface area (Å²) in [5.74, 6) is 1.11. The van der Waals surface area contributed by atoms with Gasteiger partial charge in [0, 0.05) is 37.2 Å². The summed E-state index contributed by atoms with van der Waals surface area (Å²) in [5.41, 5.74) is 5.71. The summed E-state index contributed by atoms with van der Waals surface area (Å²) in [7, 11) is 1.90. The van der Waals surface area contributed by atoms with Crippen molar-refractivity contribution >= 4 is 17.4 Å². The lowest BCUT2D eigenvalue weighted by Crippen LogP contribution is -2.14. The summed E-state index contributed by atoms with van der Waals surface area (Å²) in [6, 6.07) is 8.23. The number of benzene rings is 1. The van der Waals surface area contributed by atoms with E-state index in [-0.39, 0.29) is 22.9 Å². The number of rotatable bonds is 6. The van der Waals surface area contributed by atoms with Gasteiger partial charge in [0.1, 0.15) is 0 Å². The third-order valence-electron chi connectivity index (χ3n) is 6.75. The molecule has 0 bridgehead atoms. The fourth-order valence-corrected chi connectivity index (χ4v) is 4.46. The average Bonchev–Trinajstić information content (AvgIpc) is 3.44. The normalized spacial score (nSPS) is 15.8. The molecule has 0 saturated heterocycles. The first-order valence-corrected chi connectivity index (χ1v) is 12.5. The number of aryl methyl sites for hydroxylation is 1. The van der Waals surface area contributed by atoms with Crippen LogP contribution in [0, 0.1) is 6.92 Å². The number of fused-ring (bicyclic) bond motifs is 1. The SMILES string of the molecule is Cc1c(Nc2nccc(-c3ccc4c(c3)CNCC[C@H]4CC(=O)c3noc(C(C)(C)C)n3)n2)cnn1C. The van der Waals surface area contributed by atoms with E-state index >= 15 is 0 Å². The first-order valence-electron chi connectivity index (χ1n) is 12.5. The molecule has 10 heteroatoms. The van der Waals surface area contributed by atoms with E-state index in [1.54, 1.807) is 17.1 Å². The summed E-state index contributed by atoms with van der Waals surface area (Å²) in [5, 5.41) is 15.0. The van der Waals surface area contributed by atoms with E-state index in [0.717, 1.165) is 47.7 Å². The van der Waals surface area contributed by atoms with Crippen molar-refractivity contribution in [2.24, 2.45) is 7.05 Å². The monoisotopic (exact) mass is 500 g/mol. The topological polar surface area (TPSA) is 124 Å². The lowest BCUT2D eigenvalue weighted by Gasteiger charge is -2.17. The smallest absolute Gasteiger partial charge is 0.238 e. The van der Waals surface area contributed by atoms with E-state index < -0.39 is 0 Å². The van der Waals surface area contributed by atoms with Crippen LogP contribution in [0.15, 0.2) is 41.2 Å². The van der Waals surface area contributed by atoms with Gasteiger partial charge in [-0.3, -0.25) is 9.48 Å². The molecule has 0 unspecified atom stereocenters. The van der Waals surface area contributed by atoms with Gasteiger partial charge in [-0.15, -0.1) is 0 Å². The maximum atomic E-state index is 13.0. The van der Waals surface area contributed by atoms with Crippen molar-refractivity contribution in [2.45, 2.75) is 58.4 Å². The van der Waals surface area contributed by atoms with Gasteiger partial charge in [-0.1, -0.05) is 38.1 Å². The number of hydrogen-bond donors (Lipinski definition) is 2. The van der Waals surface area contributed by atoms with Crippen molar-refractivity contribution in [1.29, 1.82) is 0 Å². The van der Waals surface area contributed by atoms with Gasteiger partial charge in [0.05, 0.1) is 23.3 Å². The molecule has 1 aromatic carbocycles. The molecule has 1 aliphatic rings. The molecule has 4 heterocycles. The molecule has 3 aromatic heterocycles. The van der Waals surface area contributed by atoms with E-state index in [2.05, 4.69) is 49.1 Å². The number of carbonyl (C=O) groups excluding carboxylic acids is 1. The molecule has 37 heavy (non-hydrogen) atoms. The van der Waals surface area contributed by atoms with Gasteiger partial charge >= 0.3 is 0 Å². The molecule has 192 valence electrons. The first kappa shape index (κ1) is 24.8. The van der Waals surface area contributed by atoms with E-state index in [1.165, 1.54) is 5.56 Å². The number of hydrogen-bond acceptors (Lipinski definition) is 9. The maximum absolute atomic E-state index is 13.0. The summed E-state index contributed by atoms with van der Waals surface area (Å²) in [6.07, 6.45) is 4.70. The second-order valence-electron chi connectivity index (χ2n) is 10.5. The van der Waals surface area contributed by atoms with Crippen molar-refractivity contribution in [2.75, 3.05) is 11.9 Å². The minimum atomic E-state index is -0.298. The second kappa shape index (κ2) is 9.85. The Morgan fingerprint density at radius 3 is 2.81 bits per heavy atom. The van der Waals surface area contributed by atoms with Crippen LogP contribution < -0.4 is 10.6 Å². The van der Waals surface area contributed by atoms with Crippen LogP contribution in [0.2, 0.25) is 0 Å². The van der Waals surface area contributed by atoms with Crippen LogP contribution in [0.25, 0.3) is 11.3 Å². The van der Waals surface area contributed by atoms with Crippen LogP contribution in [0.5, 0.6) is 0 Å². The first-order chi connectivity index (χ1) is 17.7. The number of carbonyl (C=O) groups is 1. The molecular weight excluding hydrogens is 468 g/mol. The Kier molecular flexibility index (Phi) is 6.59. The van der Waals surface area contributed by atoms with Gasteiger partial charge in [-0.2, -0.15) is 10.1 Å². The Bertz CT molecular complexity index is 1430. The molecule has 0 aliphatic carbocycles. The second-order valence-corrected chi connectivity index (χ2v) is 10.5. The van der Waals surface area contributed by atoms with Crippen molar-refractivity contribution in [3.05, 3.63) is 65.2 Å². The van der Waals surface area contributed by atoms with Gasteiger partial charge in [-0.05, 0) is 49.1 Å². The molecule has 10 nitrogen and oxygen atoms in total. The average molecular weight is 501 g/mol. The van der Waals surface area contributed by atoms with Crippen LogP contribution in [-0.4, -0.2) is 42.2 Å². The maximum Gasteiger partial charge on any atom is 0.238 e. The molecule has 2 N–H and O–H groups in total. The van der Waals surface area contributed by atoms with E-state index in [1.807, 2.05) is 40.8 Å². The van der Waals surface area contributed by atoms with E-state index in [0.29, 0.717) is 18.3 Å². The zero-order valence-corrected chi connectivity index (χ0v) is 21.9. The molecule has 0 spiro atoms. The predicted molar refractivity (Wildman–Crippen MR) is 140 cm³/mol. The van der Waals surface area contributed by atoms with Crippen molar-refractivity contribution in [1.82, 2.24) is 35.2 Å². The van der Waals surface area contributed by atoms with Gasteiger partial charge < -0.3 is 15.2 Å². The number of aromatic nitrogens is 6. The number of nitrogens with one attached hydrogen (secondary N) is 2. The number of Topliss-reactive ketones (excluding diaryl/α,β-unsaturated/α-hetero) is 1. The quantitative estimate of drug-likeness (QED) is 0.369. The highest BCUT2D eigenvalue weighted by Gasteiger charge is 2.27. The zero-order chi connectivity index (χ0) is 26.2. The lowest BCUT2D eigenvalue weighted by molar-refractivity contribution is 0.0959. The third-order valence-corrected chi connectivity index (χ3v) is 6.75. The Morgan fingerprint density at radius 1 is 1.24 bits per heavy atom. The van der Waals surface area contributed by atoms with Crippen LogP contribution in [0.3, 0.4) is 0 Å². The zero-order valence-electron chi connectivity index (χ0n) is 21.9. The fourth-order valence-electron chi connectivity index (χ4n) is 4.46. The summed E-state index contributed by atoms with van der Waals surface area (Å²) >= 11 is 0. The molecule has 5 rings (SSSR count). The molecule has 0 fully saturated rings. The number of anilines is 2. The lowest BCUT2D eigenvalue weighted by atomic mass is 9.87. The number of nitrogens with zero attached hydrogens (tertiary/aromatic N) is 6. The minimum absolute atomic E-state index is 0.0688. The minimum Gasteiger partial charge on any atom is -0.338 e. The van der Waals surface area contributed by atoms with E-state index in [9.17, 15) is 4.79 Å². The highest BCUT2D eigenvalue weighted by atomic mass is 16.5. The summed E-state index contributed by atoms with van der Waals surface area (Å²) in [4.78, 5) is 26.5. The van der Waals surface area contributed by atoms with Crippen molar-refractivity contribution in [3.8, 4) is 11.3 Å². The third kappa shape index (κ3) is 5.29. The Labute approximate surface area is 215 Å². The molecule has 0 radical (unpaired) electrons. The van der Waals surface area contributed by atoms with Gasteiger partial charge in [-0.25, -0.2) is 9.97 Å². The fraction of sp³-hybridized carbons (Fsp3) is 0.407. The van der Waals surface area contributed by atoms with Gasteiger partial charge in [0.15, 0.2) is 0 Å².